The zero-order valence-electron chi connectivity index (χ0n) is 16.3. The van der Waals surface area contributed by atoms with Gasteiger partial charge in [0.1, 0.15) is 5.75 Å². The first kappa shape index (κ1) is 18.1. The molecule has 1 amide bonds. The molecule has 2 atom stereocenters. The number of benzene rings is 1. The van der Waals surface area contributed by atoms with Crippen LogP contribution in [0, 0.1) is 5.92 Å². The molecule has 2 heterocycles. The summed E-state index contributed by atoms with van der Waals surface area (Å²) >= 11 is 0. The zero-order chi connectivity index (χ0) is 18.6. The predicted octanol–water partition coefficient (Wildman–Crippen LogP) is 4.18. The van der Waals surface area contributed by atoms with Gasteiger partial charge >= 0.3 is 0 Å². The first-order valence-electron chi connectivity index (χ1n) is 10.3. The number of carbonyl (C=O) groups excluding carboxylic acids is 1. The molecule has 0 saturated carbocycles. The fourth-order valence-corrected chi connectivity index (χ4v) is 4.77. The van der Waals surface area contributed by atoms with E-state index in [2.05, 4.69) is 40.2 Å². The van der Waals surface area contributed by atoms with Crippen molar-refractivity contribution in [3.8, 4) is 5.75 Å². The third kappa shape index (κ3) is 3.90. The molecule has 0 radical (unpaired) electrons. The van der Waals surface area contributed by atoms with Crippen LogP contribution in [0.2, 0.25) is 0 Å². The second kappa shape index (κ2) is 8.20. The molecule has 0 spiro atoms. The number of hydrogen-bond acceptors (Lipinski definition) is 3. The summed E-state index contributed by atoms with van der Waals surface area (Å²) < 4.78 is 5.37. The van der Waals surface area contributed by atoms with E-state index in [4.69, 9.17) is 4.74 Å². The number of nitrogens with zero attached hydrogens (tertiary/aromatic N) is 2. The van der Waals surface area contributed by atoms with E-state index >= 15 is 0 Å². The Morgan fingerprint density at radius 2 is 2.07 bits per heavy atom. The Morgan fingerprint density at radius 1 is 1.19 bits per heavy atom. The quantitative estimate of drug-likeness (QED) is 0.801. The number of ether oxygens (including phenoxy) is 1. The van der Waals surface area contributed by atoms with Crippen LogP contribution in [0.25, 0.3) is 0 Å². The van der Waals surface area contributed by atoms with Gasteiger partial charge in [-0.15, -0.1) is 0 Å². The van der Waals surface area contributed by atoms with Crippen LogP contribution >= 0.6 is 0 Å². The smallest absolute Gasteiger partial charge is 0.227 e. The molecular formula is C23H30N2O2. The number of piperidine rings is 1. The van der Waals surface area contributed by atoms with E-state index < -0.39 is 0 Å². The lowest BCUT2D eigenvalue weighted by atomic mass is 9.93. The highest BCUT2D eigenvalue weighted by Crippen LogP contribution is 2.32. The molecule has 1 aromatic rings. The van der Waals surface area contributed by atoms with Crippen LogP contribution in [0.1, 0.15) is 38.5 Å². The second-order valence-electron chi connectivity index (χ2n) is 7.88. The van der Waals surface area contributed by atoms with E-state index in [1.165, 1.54) is 5.57 Å². The van der Waals surface area contributed by atoms with Crippen LogP contribution in [0.5, 0.6) is 5.75 Å². The van der Waals surface area contributed by atoms with Crippen molar-refractivity contribution >= 4 is 11.6 Å². The topological polar surface area (TPSA) is 32.8 Å². The number of carbonyl (C=O) groups is 1. The summed E-state index contributed by atoms with van der Waals surface area (Å²) in [6.45, 7) is 2.74. The Bertz CT molecular complexity index is 740. The maximum Gasteiger partial charge on any atom is 0.227 e. The van der Waals surface area contributed by atoms with Crippen LogP contribution in [0.4, 0.5) is 5.69 Å². The Balaban J connectivity index is 1.46. The van der Waals surface area contributed by atoms with Crippen molar-refractivity contribution in [1.82, 2.24) is 4.90 Å². The molecule has 27 heavy (non-hydrogen) atoms. The molecule has 1 aromatic carbocycles. The van der Waals surface area contributed by atoms with Gasteiger partial charge < -0.3 is 14.5 Å². The summed E-state index contributed by atoms with van der Waals surface area (Å²) in [7, 11) is 1.70. The zero-order valence-corrected chi connectivity index (χ0v) is 16.3. The number of anilines is 1. The average Bonchev–Trinajstić information content (AvgIpc) is 3.24. The maximum atomic E-state index is 13.4. The molecule has 0 N–H and O–H groups in total. The van der Waals surface area contributed by atoms with Gasteiger partial charge in [-0.25, -0.2) is 0 Å². The molecule has 4 rings (SSSR count). The van der Waals surface area contributed by atoms with Crippen molar-refractivity contribution in [2.24, 2.45) is 5.92 Å². The summed E-state index contributed by atoms with van der Waals surface area (Å²) in [5, 5.41) is 0. The van der Waals surface area contributed by atoms with Crippen molar-refractivity contribution in [3.05, 3.63) is 48.1 Å². The van der Waals surface area contributed by atoms with Gasteiger partial charge in [0, 0.05) is 31.4 Å². The van der Waals surface area contributed by atoms with Gasteiger partial charge in [0.2, 0.25) is 5.91 Å². The van der Waals surface area contributed by atoms with Crippen molar-refractivity contribution in [3.63, 3.8) is 0 Å². The number of allylic oxidation sites excluding steroid dienone is 3. The van der Waals surface area contributed by atoms with Crippen molar-refractivity contribution in [1.29, 1.82) is 0 Å². The normalized spacial score (nSPS) is 25.4. The Morgan fingerprint density at radius 3 is 2.89 bits per heavy atom. The third-order valence-corrected chi connectivity index (χ3v) is 6.20. The Labute approximate surface area is 162 Å². The largest absolute Gasteiger partial charge is 0.497 e. The molecule has 4 heteroatoms. The molecule has 1 aliphatic carbocycles. The predicted molar refractivity (Wildman–Crippen MR) is 109 cm³/mol. The van der Waals surface area contributed by atoms with E-state index in [9.17, 15) is 4.79 Å². The number of hydrogen-bond donors (Lipinski definition) is 0. The fourth-order valence-electron chi connectivity index (χ4n) is 4.77. The molecular weight excluding hydrogens is 336 g/mol. The van der Waals surface area contributed by atoms with E-state index in [0.717, 1.165) is 69.6 Å². The minimum Gasteiger partial charge on any atom is -0.497 e. The molecule has 4 nitrogen and oxygen atoms in total. The van der Waals surface area contributed by atoms with Crippen molar-refractivity contribution < 1.29 is 9.53 Å². The van der Waals surface area contributed by atoms with Crippen LogP contribution in [-0.2, 0) is 4.79 Å². The van der Waals surface area contributed by atoms with Crippen LogP contribution in [0.3, 0.4) is 0 Å². The van der Waals surface area contributed by atoms with Gasteiger partial charge in [-0.3, -0.25) is 4.79 Å². The Hall–Kier alpha value is -2.23. The van der Waals surface area contributed by atoms with Gasteiger partial charge in [0.15, 0.2) is 0 Å². The summed E-state index contributed by atoms with van der Waals surface area (Å²) in [6, 6.07) is 8.52. The number of methoxy groups -OCH3 is 1. The number of amides is 1. The monoisotopic (exact) mass is 366 g/mol. The molecule has 2 aliphatic heterocycles. The molecule has 2 unspecified atom stereocenters. The van der Waals surface area contributed by atoms with E-state index in [-0.39, 0.29) is 5.92 Å². The lowest BCUT2D eigenvalue weighted by Gasteiger charge is -2.37. The lowest BCUT2D eigenvalue weighted by molar-refractivity contribution is -0.136. The maximum absolute atomic E-state index is 13.4. The minimum absolute atomic E-state index is 0.102. The molecule has 2 fully saturated rings. The molecule has 2 saturated heterocycles. The van der Waals surface area contributed by atoms with Gasteiger partial charge in [-0.05, 0) is 56.2 Å². The highest BCUT2D eigenvalue weighted by molar-refractivity contribution is 5.81. The number of rotatable bonds is 4. The van der Waals surface area contributed by atoms with Gasteiger partial charge in [0.25, 0.3) is 0 Å². The minimum atomic E-state index is 0.102. The van der Waals surface area contributed by atoms with E-state index in [0.29, 0.717) is 11.9 Å². The standard InChI is InChI=1S/C23H30N2O2/c1-27-21-12-5-11-20(16-21)24-14-6-10-19(17-24)23(26)25-15-7-13-22(25)18-8-3-2-4-9-18/h2-3,5,8,11-12,16,19,22H,4,6-7,9-10,13-15,17H2,1H3. The highest BCUT2D eigenvalue weighted by atomic mass is 16.5. The lowest BCUT2D eigenvalue weighted by Crippen LogP contribution is -2.47. The fraction of sp³-hybridized carbons (Fsp3) is 0.522. The third-order valence-electron chi connectivity index (χ3n) is 6.20. The van der Waals surface area contributed by atoms with Crippen LogP contribution in [-0.4, -0.2) is 43.6 Å². The van der Waals surface area contributed by atoms with Crippen LogP contribution < -0.4 is 9.64 Å². The van der Waals surface area contributed by atoms with Gasteiger partial charge in [-0.1, -0.05) is 24.3 Å². The Kier molecular flexibility index (Phi) is 5.51. The van der Waals surface area contributed by atoms with Gasteiger partial charge in [-0.2, -0.15) is 0 Å². The van der Waals surface area contributed by atoms with Crippen LogP contribution in [0.15, 0.2) is 48.1 Å². The van der Waals surface area contributed by atoms with E-state index in [1.807, 2.05) is 12.1 Å². The first-order valence-corrected chi connectivity index (χ1v) is 10.3. The highest BCUT2D eigenvalue weighted by Gasteiger charge is 2.36. The second-order valence-corrected chi connectivity index (χ2v) is 7.88. The van der Waals surface area contributed by atoms with Crippen molar-refractivity contribution in [2.75, 3.05) is 31.6 Å². The average molecular weight is 367 g/mol. The van der Waals surface area contributed by atoms with E-state index in [1.54, 1.807) is 7.11 Å². The summed E-state index contributed by atoms with van der Waals surface area (Å²) in [5.74, 6) is 1.34. The summed E-state index contributed by atoms with van der Waals surface area (Å²) in [5.41, 5.74) is 2.61. The molecule has 144 valence electrons. The number of likely N-dealkylation sites (tertiary alicyclic amines) is 1. The SMILES string of the molecule is COc1cccc(N2CCCC(C(=O)N3CCCC3C3=CC=CCC3)C2)c1. The first-order chi connectivity index (χ1) is 13.3. The summed E-state index contributed by atoms with van der Waals surface area (Å²) in [6.07, 6.45) is 13.1. The van der Waals surface area contributed by atoms with Gasteiger partial charge in [0.05, 0.1) is 19.1 Å². The summed E-state index contributed by atoms with van der Waals surface area (Å²) in [4.78, 5) is 17.9. The molecule has 3 aliphatic rings. The van der Waals surface area contributed by atoms with Crippen molar-refractivity contribution in [2.45, 2.75) is 44.6 Å². The molecule has 0 bridgehead atoms. The molecule has 0 aromatic heterocycles.